The van der Waals surface area contributed by atoms with Crippen LogP contribution in [0.1, 0.15) is 48.3 Å². The Hall–Kier alpha value is -1.88. The van der Waals surface area contributed by atoms with Crippen LogP contribution in [-0.4, -0.2) is 34.6 Å². The number of fused-ring (bicyclic) bond motifs is 1. The minimum atomic E-state index is -0.913. The molecule has 1 aromatic carbocycles. The fourth-order valence-electron chi connectivity index (χ4n) is 2.42. The van der Waals surface area contributed by atoms with Crippen molar-refractivity contribution in [1.29, 1.82) is 0 Å². The van der Waals surface area contributed by atoms with Gasteiger partial charge < -0.3 is 15.4 Å². The number of nitrogens with zero attached hydrogens (tertiary/aromatic N) is 1. The zero-order valence-electron chi connectivity index (χ0n) is 11.9. The molecule has 0 aliphatic carbocycles. The molecular weight excluding hydrogens is 254 g/mol. The molecule has 0 aliphatic heterocycles. The Morgan fingerprint density at radius 3 is 2.95 bits per heavy atom. The Morgan fingerprint density at radius 1 is 1.50 bits per heavy atom. The van der Waals surface area contributed by atoms with Crippen LogP contribution in [0.3, 0.4) is 0 Å². The number of rotatable bonds is 7. The van der Waals surface area contributed by atoms with Crippen LogP contribution in [0, 0.1) is 0 Å². The molecule has 1 atom stereocenters. The van der Waals surface area contributed by atoms with Crippen LogP contribution >= 0.6 is 0 Å². The number of imidazole rings is 1. The Morgan fingerprint density at radius 2 is 2.30 bits per heavy atom. The van der Waals surface area contributed by atoms with E-state index >= 15 is 0 Å². The monoisotopic (exact) mass is 275 g/mol. The Labute approximate surface area is 118 Å². The summed E-state index contributed by atoms with van der Waals surface area (Å²) in [5.74, 6) is 0.439. The Kier molecular flexibility index (Phi) is 4.74. The third kappa shape index (κ3) is 3.17. The maximum atomic E-state index is 11.0. The fraction of sp³-hybridized carbons (Fsp3) is 0.467. The molecule has 2 aromatic rings. The van der Waals surface area contributed by atoms with Gasteiger partial charge in [-0.05, 0) is 51.1 Å². The number of nitrogens with one attached hydrogen (secondary N) is 2. The first-order valence-electron chi connectivity index (χ1n) is 7.03. The summed E-state index contributed by atoms with van der Waals surface area (Å²) in [6.07, 6.45) is 3.20. The zero-order chi connectivity index (χ0) is 14.5. The molecule has 1 unspecified atom stereocenters. The minimum absolute atomic E-state index is 0.288. The van der Waals surface area contributed by atoms with Crippen LogP contribution in [-0.2, 0) is 0 Å². The van der Waals surface area contributed by atoms with Crippen LogP contribution < -0.4 is 5.32 Å². The summed E-state index contributed by atoms with van der Waals surface area (Å²) in [6.45, 7) is 3.15. The smallest absolute Gasteiger partial charge is 0.335 e. The van der Waals surface area contributed by atoms with Gasteiger partial charge in [0.05, 0.1) is 16.6 Å². The van der Waals surface area contributed by atoms with Crippen molar-refractivity contribution in [2.45, 2.75) is 32.1 Å². The first-order chi connectivity index (χ1) is 9.65. The van der Waals surface area contributed by atoms with Crippen molar-refractivity contribution in [3.8, 4) is 0 Å². The van der Waals surface area contributed by atoms with E-state index in [1.54, 1.807) is 18.2 Å². The van der Waals surface area contributed by atoms with Gasteiger partial charge in [0.1, 0.15) is 5.82 Å². The number of aromatic carboxylic acids is 1. The summed E-state index contributed by atoms with van der Waals surface area (Å²) in [5.41, 5.74) is 1.92. The van der Waals surface area contributed by atoms with E-state index in [-0.39, 0.29) is 5.56 Å². The molecule has 0 fully saturated rings. The van der Waals surface area contributed by atoms with E-state index < -0.39 is 5.97 Å². The van der Waals surface area contributed by atoms with Crippen LogP contribution in [0.5, 0.6) is 0 Å². The van der Waals surface area contributed by atoms with Gasteiger partial charge in [-0.25, -0.2) is 9.78 Å². The van der Waals surface area contributed by atoms with Gasteiger partial charge in [0, 0.05) is 5.92 Å². The second-order valence-corrected chi connectivity index (χ2v) is 5.01. The van der Waals surface area contributed by atoms with Gasteiger partial charge in [-0.1, -0.05) is 6.92 Å². The average Bonchev–Trinajstić information content (AvgIpc) is 2.86. The van der Waals surface area contributed by atoms with E-state index in [4.69, 9.17) is 5.11 Å². The van der Waals surface area contributed by atoms with Crippen molar-refractivity contribution in [3.63, 3.8) is 0 Å². The molecule has 0 radical (unpaired) electrons. The number of carboxylic acids is 1. The van der Waals surface area contributed by atoms with Gasteiger partial charge in [-0.3, -0.25) is 0 Å². The van der Waals surface area contributed by atoms with E-state index in [1.807, 2.05) is 7.05 Å². The number of hydrogen-bond donors (Lipinski definition) is 3. The Balaban J connectivity index is 2.23. The second-order valence-electron chi connectivity index (χ2n) is 5.01. The molecule has 0 amide bonds. The molecule has 5 nitrogen and oxygen atoms in total. The lowest BCUT2D eigenvalue weighted by Gasteiger charge is -2.11. The average molecular weight is 275 g/mol. The molecule has 1 heterocycles. The number of benzene rings is 1. The van der Waals surface area contributed by atoms with Crippen molar-refractivity contribution < 1.29 is 9.90 Å². The highest BCUT2D eigenvalue weighted by Crippen LogP contribution is 2.25. The van der Waals surface area contributed by atoms with Crippen LogP contribution in [0.15, 0.2) is 18.2 Å². The number of aromatic nitrogens is 2. The van der Waals surface area contributed by atoms with Crippen LogP contribution in [0.4, 0.5) is 0 Å². The standard InChI is InChI=1S/C15H21N3O2/c1-3-10(5-4-8-16-2)14-17-12-7-6-11(15(19)20)9-13(12)18-14/h6-7,9-10,16H,3-5,8H2,1-2H3,(H,17,18)(H,19,20). The topological polar surface area (TPSA) is 78.0 Å². The first kappa shape index (κ1) is 14.5. The summed E-state index contributed by atoms with van der Waals surface area (Å²) in [5, 5.41) is 12.2. The number of H-pyrrole nitrogens is 1. The summed E-state index contributed by atoms with van der Waals surface area (Å²) >= 11 is 0. The SMILES string of the molecule is CCC(CCCNC)c1nc2ccc(C(=O)O)cc2[nH]1. The van der Waals surface area contributed by atoms with E-state index in [1.165, 1.54) is 0 Å². The molecule has 2 rings (SSSR count). The number of aromatic amines is 1. The molecule has 3 N–H and O–H groups in total. The zero-order valence-corrected chi connectivity index (χ0v) is 11.9. The molecule has 0 spiro atoms. The molecule has 0 saturated carbocycles. The number of hydrogen-bond acceptors (Lipinski definition) is 3. The lowest BCUT2D eigenvalue weighted by Crippen LogP contribution is -2.09. The number of carbonyl (C=O) groups is 1. The highest BCUT2D eigenvalue weighted by atomic mass is 16.4. The minimum Gasteiger partial charge on any atom is -0.478 e. The summed E-state index contributed by atoms with van der Waals surface area (Å²) in [7, 11) is 1.95. The van der Waals surface area contributed by atoms with Gasteiger partial charge in [0.25, 0.3) is 0 Å². The van der Waals surface area contributed by atoms with E-state index in [9.17, 15) is 4.79 Å². The maximum Gasteiger partial charge on any atom is 0.335 e. The van der Waals surface area contributed by atoms with Crippen molar-refractivity contribution in [1.82, 2.24) is 15.3 Å². The third-order valence-electron chi connectivity index (χ3n) is 3.61. The highest BCUT2D eigenvalue weighted by molar-refractivity contribution is 5.92. The summed E-state index contributed by atoms with van der Waals surface area (Å²) < 4.78 is 0. The van der Waals surface area contributed by atoms with Crippen molar-refractivity contribution >= 4 is 17.0 Å². The molecule has 5 heteroatoms. The maximum absolute atomic E-state index is 11.0. The van der Waals surface area contributed by atoms with Crippen LogP contribution in [0.25, 0.3) is 11.0 Å². The lowest BCUT2D eigenvalue weighted by atomic mass is 10.00. The summed E-state index contributed by atoms with van der Waals surface area (Å²) in [6, 6.07) is 5.00. The van der Waals surface area contributed by atoms with E-state index in [0.29, 0.717) is 5.92 Å². The van der Waals surface area contributed by atoms with Gasteiger partial charge >= 0.3 is 5.97 Å². The summed E-state index contributed by atoms with van der Waals surface area (Å²) in [4.78, 5) is 18.8. The number of carboxylic acid groups (broad SMARTS) is 1. The van der Waals surface area contributed by atoms with Crippen LogP contribution in [0.2, 0.25) is 0 Å². The largest absolute Gasteiger partial charge is 0.478 e. The third-order valence-corrected chi connectivity index (χ3v) is 3.61. The van der Waals surface area contributed by atoms with Gasteiger partial charge in [-0.2, -0.15) is 0 Å². The van der Waals surface area contributed by atoms with Crippen molar-refractivity contribution in [2.24, 2.45) is 0 Å². The quantitative estimate of drug-likeness (QED) is 0.679. The molecule has 108 valence electrons. The van der Waals surface area contributed by atoms with Crippen molar-refractivity contribution in [3.05, 3.63) is 29.6 Å². The van der Waals surface area contributed by atoms with Gasteiger partial charge in [0.15, 0.2) is 0 Å². The molecule has 0 saturated heterocycles. The molecule has 20 heavy (non-hydrogen) atoms. The lowest BCUT2D eigenvalue weighted by molar-refractivity contribution is 0.0697. The van der Waals surface area contributed by atoms with Crippen molar-refractivity contribution in [2.75, 3.05) is 13.6 Å². The molecule has 1 aromatic heterocycles. The second kappa shape index (κ2) is 6.52. The van der Waals surface area contributed by atoms with E-state index in [2.05, 4.69) is 22.2 Å². The molecular formula is C15H21N3O2. The fourth-order valence-corrected chi connectivity index (χ4v) is 2.42. The highest BCUT2D eigenvalue weighted by Gasteiger charge is 2.14. The molecule has 0 aliphatic rings. The predicted octanol–water partition coefficient (Wildman–Crippen LogP) is 2.75. The van der Waals surface area contributed by atoms with Gasteiger partial charge in [0.2, 0.25) is 0 Å². The Bertz CT molecular complexity index is 592. The molecule has 0 bridgehead atoms. The van der Waals surface area contributed by atoms with E-state index in [0.717, 1.165) is 42.7 Å². The normalized spacial score (nSPS) is 12.7. The first-order valence-corrected chi connectivity index (χ1v) is 7.03. The van der Waals surface area contributed by atoms with Gasteiger partial charge in [-0.15, -0.1) is 0 Å². The predicted molar refractivity (Wildman–Crippen MR) is 79.2 cm³/mol.